The fraction of sp³-hybridized carbons (Fsp3) is 0.391. The van der Waals surface area contributed by atoms with Crippen LogP contribution < -0.4 is 14.6 Å². The van der Waals surface area contributed by atoms with Gasteiger partial charge in [0, 0.05) is 11.6 Å². The van der Waals surface area contributed by atoms with Crippen LogP contribution in [0.1, 0.15) is 49.0 Å². The van der Waals surface area contributed by atoms with E-state index in [1.165, 1.54) is 24.5 Å². The van der Waals surface area contributed by atoms with E-state index in [-0.39, 0.29) is 22.7 Å². The molecule has 0 unspecified atom stereocenters. The van der Waals surface area contributed by atoms with Crippen LogP contribution in [0.15, 0.2) is 47.6 Å². The number of sulfonamides is 1. The lowest BCUT2D eigenvalue weighted by Crippen LogP contribution is -2.25. The number of rotatable bonds is 6. The molecule has 0 bridgehead atoms. The highest BCUT2D eigenvalue weighted by molar-refractivity contribution is 7.89. The summed E-state index contributed by atoms with van der Waals surface area (Å²) in [5.74, 6) is -1.52. The zero-order chi connectivity index (χ0) is 27.9. The molecule has 1 heterocycles. The maximum absolute atomic E-state index is 13.6. The zero-order valence-corrected chi connectivity index (χ0v) is 20.6. The van der Waals surface area contributed by atoms with Crippen molar-refractivity contribution < 1.29 is 44.2 Å². The van der Waals surface area contributed by atoms with Gasteiger partial charge in [-0.15, -0.1) is 36.5 Å². The molecule has 0 spiro atoms. The van der Waals surface area contributed by atoms with E-state index in [4.69, 9.17) is 5.14 Å². The molecule has 1 aromatic heterocycles. The quantitative estimate of drug-likeness (QED) is 0.391. The van der Waals surface area contributed by atoms with Crippen molar-refractivity contribution in [3.63, 3.8) is 0 Å². The summed E-state index contributed by atoms with van der Waals surface area (Å²) in [7, 11) is -4.65. The van der Waals surface area contributed by atoms with Gasteiger partial charge in [0.25, 0.3) is 0 Å². The van der Waals surface area contributed by atoms with Crippen molar-refractivity contribution in [1.29, 1.82) is 0 Å². The van der Waals surface area contributed by atoms with E-state index in [1.54, 1.807) is 11.5 Å². The first-order valence-electron chi connectivity index (χ1n) is 11.3. The van der Waals surface area contributed by atoms with Crippen LogP contribution >= 0.6 is 0 Å². The largest absolute Gasteiger partial charge is 0.573 e. The number of nitrogens with two attached hydrogens (primary N) is 1. The Kier molecular flexibility index (Phi) is 7.36. The summed E-state index contributed by atoms with van der Waals surface area (Å²) >= 11 is 0. The van der Waals surface area contributed by atoms with E-state index in [1.807, 2.05) is 0 Å². The molecule has 2 aromatic carbocycles. The molecule has 0 aliphatic heterocycles. The van der Waals surface area contributed by atoms with E-state index in [0.717, 1.165) is 18.2 Å². The standard InChI is InChI=1S/C23H22F6N4O4S/c1-13-32-31-12-33(13)16-4-2-3-15(11-16)20-18(14-5-7-17(8-6-14)36-22(24,25)26)9-10-19(38(30,34)35)21(20)37-23(27,28)29/h5-10,12,15-16H,2-4,11H2,1H3,(H2,30,34,35)/t15-,16+/m0/s1. The molecule has 0 saturated heterocycles. The second-order valence-corrected chi connectivity index (χ2v) is 10.4. The van der Waals surface area contributed by atoms with Crippen LogP contribution in [-0.2, 0) is 10.0 Å². The molecule has 3 aromatic rings. The van der Waals surface area contributed by atoms with E-state index < -0.39 is 45.1 Å². The van der Waals surface area contributed by atoms with E-state index in [2.05, 4.69) is 19.7 Å². The number of hydrogen-bond donors (Lipinski definition) is 1. The summed E-state index contributed by atoms with van der Waals surface area (Å²) in [5, 5.41) is 13.1. The Balaban J connectivity index is 1.88. The Labute approximate surface area is 213 Å². The Hall–Kier alpha value is -3.33. The normalized spacial score (nSPS) is 18.8. The van der Waals surface area contributed by atoms with E-state index >= 15 is 0 Å². The molecular formula is C23H22F6N4O4S. The Morgan fingerprint density at radius 1 is 0.974 bits per heavy atom. The van der Waals surface area contributed by atoms with Crippen molar-refractivity contribution in [1.82, 2.24) is 14.8 Å². The van der Waals surface area contributed by atoms with Gasteiger partial charge in [-0.3, -0.25) is 0 Å². The van der Waals surface area contributed by atoms with Gasteiger partial charge in [0.1, 0.15) is 22.8 Å². The van der Waals surface area contributed by atoms with Crippen LogP contribution in [-0.4, -0.2) is 35.9 Å². The van der Waals surface area contributed by atoms with E-state index in [0.29, 0.717) is 31.5 Å². The highest BCUT2D eigenvalue weighted by atomic mass is 32.2. The molecule has 2 atom stereocenters. The zero-order valence-electron chi connectivity index (χ0n) is 19.8. The fourth-order valence-corrected chi connectivity index (χ4v) is 5.52. The fourth-order valence-electron chi connectivity index (χ4n) is 4.86. The summed E-state index contributed by atoms with van der Waals surface area (Å²) in [4.78, 5) is -0.854. The highest BCUT2D eigenvalue weighted by Crippen LogP contribution is 2.49. The van der Waals surface area contributed by atoms with Gasteiger partial charge in [-0.1, -0.05) is 24.6 Å². The monoisotopic (exact) mass is 564 g/mol. The molecule has 0 amide bonds. The van der Waals surface area contributed by atoms with Crippen molar-refractivity contribution in [3.8, 4) is 22.6 Å². The minimum atomic E-state index is -5.25. The minimum absolute atomic E-state index is 0.0613. The van der Waals surface area contributed by atoms with Crippen molar-refractivity contribution in [2.45, 2.75) is 62.2 Å². The molecule has 1 aliphatic carbocycles. The van der Waals surface area contributed by atoms with Gasteiger partial charge < -0.3 is 14.0 Å². The number of aryl methyl sites for hydroxylation is 1. The van der Waals surface area contributed by atoms with Crippen molar-refractivity contribution >= 4 is 10.0 Å². The van der Waals surface area contributed by atoms with Gasteiger partial charge in [-0.05, 0) is 61.4 Å². The minimum Gasteiger partial charge on any atom is -0.406 e. The molecule has 1 fully saturated rings. The lowest BCUT2D eigenvalue weighted by Gasteiger charge is -2.33. The average molecular weight is 565 g/mol. The van der Waals surface area contributed by atoms with Crippen LogP contribution in [0.25, 0.3) is 11.1 Å². The van der Waals surface area contributed by atoms with Crippen molar-refractivity contribution in [2.75, 3.05) is 0 Å². The van der Waals surface area contributed by atoms with Gasteiger partial charge in [0.15, 0.2) is 5.75 Å². The van der Waals surface area contributed by atoms with Gasteiger partial charge in [0.05, 0.1) is 0 Å². The third-order valence-electron chi connectivity index (χ3n) is 6.28. The number of nitrogens with zero attached hydrogens (tertiary/aromatic N) is 3. The van der Waals surface area contributed by atoms with E-state index in [9.17, 15) is 34.8 Å². The van der Waals surface area contributed by atoms with Crippen LogP contribution in [0.4, 0.5) is 26.3 Å². The molecule has 15 heteroatoms. The third kappa shape index (κ3) is 6.38. The van der Waals surface area contributed by atoms with Gasteiger partial charge in [0.2, 0.25) is 10.0 Å². The molecule has 4 rings (SSSR count). The molecule has 38 heavy (non-hydrogen) atoms. The summed E-state index contributed by atoms with van der Waals surface area (Å²) in [6.07, 6.45) is -6.73. The smallest absolute Gasteiger partial charge is 0.406 e. The number of hydrogen-bond acceptors (Lipinski definition) is 6. The Bertz CT molecular complexity index is 1400. The third-order valence-corrected chi connectivity index (χ3v) is 7.22. The number of primary sulfonamides is 1. The summed E-state index contributed by atoms with van der Waals surface area (Å²) < 4.78 is 113. The molecule has 0 radical (unpaired) electrons. The SMILES string of the molecule is Cc1nncn1[C@@H]1CCC[C@H](c2c(-c3ccc(OC(F)(F)F)cc3)ccc(S(N)(=O)=O)c2OC(F)(F)F)C1. The van der Waals surface area contributed by atoms with Crippen LogP contribution in [0.5, 0.6) is 11.5 Å². The molecule has 8 nitrogen and oxygen atoms in total. The Morgan fingerprint density at radius 3 is 2.18 bits per heavy atom. The first kappa shape index (κ1) is 27.7. The predicted molar refractivity (Wildman–Crippen MR) is 122 cm³/mol. The maximum Gasteiger partial charge on any atom is 0.573 e. The molecule has 1 saturated carbocycles. The van der Waals surface area contributed by atoms with Crippen molar-refractivity contribution in [2.24, 2.45) is 5.14 Å². The number of alkyl halides is 6. The Morgan fingerprint density at radius 2 is 1.63 bits per heavy atom. The average Bonchev–Trinajstić information content (AvgIpc) is 3.22. The van der Waals surface area contributed by atoms with Crippen LogP contribution in [0.2, 0.25) is 0 Å². The molecule has 2 N–H and O–H groups in total. The lowest BCUT2D eigenvalue weighted by molar-refractivity contribution is -0.276. The molecule has 206 valence electrons. The summed E-state index contributed by atoms with van der Waals surface area (Å²) in [6, 6.07) is 6.45. The molecule has 1 aliphatic rings. The lowest BCUT2D eigenvalue weighted by atomic mass is 9.78. The predicted octanol–water partition coefficient (Wildman–Crippen LogP) is 5.60. The van der Waals surface area contributed by atoms with Crippen LogP contribution in [0, 0.1) is 6.92 Å². The number of halogens is 6. The number of ether oxygens (including phenoxy) is 2. The van der Waals surface area contributed by atoms with Gasteiger partial charge in [-0.25, -0.2) is 13.6 Å². The number of aromatic nitrogens is 3. The highest BCUT2D eigenvalue weighted by Gasteiger charge is 2.39. The van der Waals surface area contributed by atoms with Gasteiger partial charge in [-0.2, -0.15) is 0 Å². The second-order valence-electron chi connectivity index (χ2n) is 8.82. The van der Waals surface area contributed by atoms with Crippen molar-refractivity contribution in [3.05, 3.63) is 54.1 Å². The molecular weight excluding hydrogens is 542 g/mol. The van der Waals surface area contributed by atoms with Gasteiger partial charge >= 0.3 is 12.7 Å². The first-order valence-corrected chi connectivity index (χ1v) is 12.8. The summed E-state index contributed by atoms with van der Waals surface area (Å²) in [5.41, 5.74) is 0.320. The topological polar surface area (TPSA) is 109 Å². The first-order chi connectivity index (χ1) is 17.6. The van der Waals surface area contributed by atoms with Crippen LogP contribution in [0.3, 0.4) is 0 Å². The maximum atomic E-state index is 13.6. The summed E-state index contributed by atoms with van der Waals surface area (Å²) in [6.45, 7) is 1.73. The second kappa shape index (κ2) is 10.1. The number of benzene rings is 2.